The summed E-state index contributed by atoms with van der Waals surface area (Å²) in [5.74, 6) is 0. The van der Waals surface area contributed by atoms with Gasteiger partial charge in [-0.05, 0) is 38.5 Å². The summed E-state index contributed by atoms with van der Waals surface area (Å²) in [6.07, 6.45) is 0. The van der Waals surface area contributed by atoms with Crippen molar-refractivity contribution in [3.05, 3.63) is 35.2 Å². The van der Waals surface area contributed by atoms with Gasteiger partial charge < -0.3 is 0 Å². The maximum Gasteiger partial charge on any atom is 0.265 e. The summed E-state index contributed by atoms with van der Waals surface area (Å²) in [4.78, 5) is 0.143. The lowest BCUT2D eigenvalue weighted by Gasteiger charge is -2.15. The summed E-state index contributed by atoms with van der Waals surface area (Å²) in [7, 11) is -3.06. The molecule has 138 valence electrons. The summed E-state index contributed by atoms with van der Waals surface area (Å²) in [5.41, 5.74) is 1.58. The first-order valence-corrected chi connectivity index (χ1v) is 10.4. The van der Waals surface area contributed by atoms with Crippen molar-refractivity contribution in [2.45, 2.75) is 30.6 Å². The zero-order valence-electron chi connectivity index (χ0n) is 15.0. The number of aryl methyl sites for hydroxylation is 3. The first-order chi connectivity index (χ1) is 11.4. The number of hydrogen-bond donors (Lipinski definition) is 1. The van der Waals surface area contributed by atoms with Gasteiger partial charge in [-0.3, -0.25) is 9.40 Å². The highest BCUT2D eigenvalue weighted by molar-refractivity contribution is 7.92. The minimum Gasteiger partial charge on any atom is -0.279 e. The van der Waals surface area contributed by atoms with Crippen LogP contribution in [0.3, 0.4) is 0 Å². The molecule has 0 aliphatic carbocycles. The fourth-order valence-electron chi connectivity index (χ4n) is 2.49. The van der Waals surface area contributed by atoms with Crippen molar-refractivity contribution < 1.29 is 16.8 Å². The second kappa shape index (κ2) is 6.43. The Kier molecular flexibility index (Phi) is 4.99. The standard InChI is InChI=1S/C15H22N4O4S2/c1-10-7-8-13(9-14(10)25(22,23)18(4)5)17-24(20,21)15-11(2)16-19(6)12(15)3/h7-9,17H,1-6H3. The van der Waals surface area contributed by atoms with Gasteiger partial charge in [-0.15, -0.1) is 0 Å². The maximum atomic E-state index is 12.7. The Bertz CT molecular complexity index is 1020. The number of aromatic nitrogens is 2. The van der Waals surface area contributed by atoms with Crippen molar-refractivity contribution >= 4 is 25.7 Å². The number of anilines is 1. The number of hydrogen-bond acceptors (Lipinski definition) is 5. The van der Waals surface area contributed by atoms with Crippen LogP contribution >= 0.6 is 0 Å². The first kappa shape index (κ1) is 19.4. The smallest absolute Gasteiger partial charge is 0.265 e. The molecule has 1 aromatic carbocycles. The number of rotatable bonds is 5. The molecule has 1 heterocycles. The van der Waals surface area contributed by atoms with Gasteiger partial charge >= 0.3 is 0 Å². The summed E-state index contributed by atoms with van der Waals surface area (Å²) in [5, 5.41) is 4.11. The molecule has 0 saturated heterocycles. The highest BCUT2D eigenvalue weighted by atomic mass is 32.2. The van der Waals surface area contributed by atoms with Crippen molar-refractivity contribution in [3.63, 3.8) is 0 Å². The SMILES string of the molecule is Cc1ccc(NS(=O)(=O)c2c(C)nn(C)c2C)cc1S(=O)(=O)N(C)C. The molecule has 8 nitrogen and oxygen atoms in total. The Morgan fingerprint density at radius 1 is 1.08 bits per heavy atom. The predicted molar refractivity (Wildman–Crippen MR) is 95.5 cm³/mol. The van der Waals surface area contributed by atoms with Crippen molar-refractivity contribution in [1.29, 1.82) is 0 Å². The molecule has 2 rings (SSSR count). The zero-order chi connectivity index (χ0) is 19.2. The summed E-state index contributed by atoms with van der Waals surface area (Å²) >= 11 is 0. The number of nitrogens with zero attached hydrogens (tertiary/aromatic N) is 3. The van der Waals surface area contributed by atoms with E-state index >= 15 is 0 Å². The highest BCUT2D eigenvalue weighted by Crippen LogP contribution is 2.26. The third-order valence-corrected chi connectivity index (χ3v) is 7.50. The van der Waals surface area contributed by atoms with Crippen LogP contribution in [0.4, 0.5) is 5.69 Å². The summed E-state index contributed by atoms with van der Waals surface area (Å²) < 4.78 is 55.2. The Balaban J connectivity index is 2.51. The van der Waals surface area contributed by atoms with E-state index in [1.807, 2.05) is 0 Å². The second-order valence-corrected chi connectivity index (χ2v) is 9.74. The molecule has 1 N–H and O–H groups in total. The van der Waals surface area contributed by atoms with Gasteiger partial charge in [0.15, 0.2) is 0 Å². The van der Waals surface area contributed by atoms with Gasteiger partial charge in [0, 0.05) is 21.1 Å². The van der Waals surface area contributed by atoms with Crippen LogP contribution in [-0.2, 0) is 27.1 Å². The average Bonchev–Trinajstić information content (AvgIpc) is 2.74. The normalized spacial score (nSPS) is 12.6. The van der Waals surface area contributed by atoms with E-state index in [1.54, 1.807) is 33.9 Å². The van der Waals surface area contributed by atoms with Crippen LogP contribution in [0.15, 0.2) is 28.0 Å². The molecular formula is C15H22N4O4S2. The van der Waals surface area contributed by atoms with Crippen LogP contribution in [0.25, 0.3) is 0 Å². The van der Waals surface area contributed by atoms with E-state index in [4.69, 9.17) is 0 Å². The van der Waals surface area contributed by atoms with Gasteiger partial charge in [0.05, 0.1) is 22.0 Å². The van der Waals surface area contributed by atoms with Crippen LogP contribution in [0.5, 0.6) is 0 Å². The fraction of sp³-hybridized carbons (Fsp3) is 0.400. The van der Waals surface area contributed by atoms with Gasteiger partial charge in [0.25, 0.3) is 10.0 Å². The topological polar surface area (TPSA) is 101 Å². The lowest BCUT2D eigenvalue weighted by atomic mass is 10.2. The van der Waals surface area contributed by atoms with Crippen molar-refractivity contribution in [3.8, 4) is 0 Å². The van der Waals surface area contributed by atoms with E-state index in [0.717, 1.165) is 4.31 Å². The van der Waals surface area contributed by atoms with Crippen molar-refractivity contribution in [2.75, 3.05) is 18.8 Å². The maximum absolute atomic E-state index is 12.7. The lowest BCUT2D eigenvalue weighted by molar-refractivity contribution is 0.520. The molecule has 0 saturated carbocycles. The summed E-state index contributed by atoms with van der Waals surface area (Å²) in [6, 6.07) is 4.42. The van der Waals surface area contributed by atoms with Crippen LogP contribution in [0, 0.1) is 20.8 Å². The molecule has 0 unspecified atom stereocenters. The number of nitrogens with one attached hydrogen (secondary N) is 1. The van der Waals surface area contributed by atoms with E-state index in [-0.39, 0.29) is 15.5 Å². The zero-order valence-corrected chi connectivity index (χ0v) is 16.7. The Morgan fingerprint density at radius 3 is 2.16 bits per heavy atom. The number of benzene rings is 1. The van der Waals surface area contributed by atoms with Gasteiger partial charge in [0.2, 0.25) is 10.0 Å². The van der Waals surface area contributed by atoms with Crippen molar-refractivity contribution in [2.24, 2.45) is 7.05 Å². The van der Waals surface area contributed by atoms with Gasteiger partial charge in [-0.1, -0.05) is 6.07 Å². The Labute approximate surface area is 148 Å². The Hall–Kier alpha value is -1.91. The molecule has 0 atom stereocenters. The number of sulfonamides is 2. The first-order valence-electron chi connectivity index (χ1n) is 7.44. The fourth-order valence-corrected chi connectivity index (χ4v) is 5.12. The Morgan fingerprint density at radius 2 is 1.68 bits per heavy atom. The van der Waals surface area contributed by atoms with Gasteiger partial charge in [-0.2, -0.15) is 5.10 Å². The molecule has 2 aromatic rings. The predicted octanol–water partition coefficient (Wildman–Crippen LogP) is 1.40. The quantitative estimate of drug-likeness (QED) is 0.837. The average molecular weight is 386 g/mol. The van der Waals surface area contributed by atoms with Gasteiger partial charge in [0.1, 0.15) is 4.90 Å². The molecular weight excluding hydrogens is 364 g/mol. The van der Waals surface area contributed by atoms with E-state index in [0.29, 0.717) is 17.0 Å². The highest BCUT2D eigenvalue weighted by Gasteiger charge is 2.25. The third kappa shape index (κ3) is 3.55. The second-order valence-electron chi connectivity index (χ2n) is 6.00. The minimum atomic E-state index is -3.89. The van der Waals surface area contributed by atoms with E-state index in [1.165, 1.54) is 30.9 Å². The monoisotopic (exact) mass is 386 g/mol. The molecule has 0 aliphatic rings. The van der Waals surface area contributed by atoms with E-state index in [9.17, 15) is 16.8 Å². The van der Waals surface area contributed by atoms with Crippen LogP contribution in [0.2, 0.25) is 0 Å². The molecule has 1 aromatic heterocycles. The van der Waals surface area contributed by atoms with Crippen LogP contribution < -0.4 is 4.72 Å². The summed E-state index contributed by atoms with van der Waals surface area (Å²) in [6.45, 7) is 4.92. The largest absolute Gasteiger partial charge is 0.279 e. The molecule has 0 radical (unpaired) electrons. The molecule has 0 bridgehead atoms. The lowest BCUT2D eigenvalue weighted by Crippen LogP contribution is -2.23. The molecule has 0 amide bonds. The molecule has 10 heteroatoms. The molecule has 25 heavy (non-hydrogen) atoms. The van der Waals surface area contributed by atoms with E-state index in [2.05, 4.69) is 9.82 Å². The van der Waals surface area contributed by atoms with E-state index < -0.39 is 20.0 Å². The van der Waals surface area contributed by atoms with Crippen LogP contribution in [0.1, 0.15) is 17.0 Å². The third-order valence-electron chi connectivity index (χ3n) is 3.91. The van der Waals surface area contributed by atoms with Gasteiger partial charge in [-0.25, -0.2) is 21.1 Å². The molecule has 0 aliphatic heterocycles. The molecule has 0 fully saturated rings. The molecule has 0 spiro atoms. The van der Waals surface area contributed by atoms with Crippen LogP contribution in [-0.4, -0.2) is 45.0 Å². The minimum absolute atomic E-state index is 0.0531. The van der Waals surface area contributed by atoms with Crippen molar-refractivity contribution in [1.82, 2.24) is 14.1 Å².